The van der Waals surface area contributed by atoms with Crippen LogP contribution in [0.5, 0.6) is 0 Å². The Balaban J connectivity index is 2.53. The third kappa shape index (κ3) is 1.79. The second-order valence-electron chi connectivity index (χ2n) is 3.27. The molecule has 0 aliphatic carbocycles. The van der Waals surface area contributed by atoms with E-state index < -0.39 is 5.97 Å². The molecule has 0 fully saturated rings. The highest BCUT2D eigenvalue weighted by atomic mass is 16.5. The Kier molecular flexibility index (Phi) is 2.68. The smallest absolute Gasteiger partial charge is 0.341 e. The van der Waals surface area contributed by atoms with Crippen molar-refractivity contribution in [1.82, 2.24) is 14.8 Å². The minimum Gasteiger partial charge on any atom is -0.465 e. The van der Waals surface area contributed by atoms with E-state index in [1.807, 2.05) is 12.1 Å². The predicted octanol–water partition coefficient (Wildman–Crippen LogP) is 1.27. The van der Waals surface area contributed by atoms with Gasteiger partial charge in [-0.25, -0.2) is 4.79 Å². The fourth-order valence-corrected chi connectivity index (χ4v) is 1.44. The molecule has 0 amide bonds. The first-order valence-electron chi connectivity index (χ1n) is 4.75. The third-order valence-electron chi connectivity index (χ3n) is 2.14. The Bertz CT molecular complexity index is 505. The number of rotatable bonds is 2. The summed E-state index contributed by atoms with van der Waals surface area (Å²) in [6.07, 6.45) is 3.28. The molecule has 0 saturated heterocycles. The summed E-state index contributed by atoms with van der Waals surface area (Å²) in [7, 11) is 3.09. The van der Waals surface area contributed by atoms with E-state index in [4.69, 9.17) is 4.74 Å². The molecule has 16 heavy (non-hydrogen) atoms. The van der Waals surface area contributed by atoms with E-state index in [2.05, 4.69) is 10.1 Å². The molecule has 0 aliphatic rings. The van der Waals surface area contributed by atoms with Gasteiger partial charge >= 0.3 is 5.97 Å². The zero-order chi connectivity index (χ0) is 11.5. The first kappa shape index (κ1) is 10.4. The van der Waals surface area contributed by atoms with Crippen molar-refractivity contribution >= 4 is 5.97 Å². The van der Waals surface area contributed by atoms with Gasteiger partial charge in [-0.3, -0.25) is 9.67 Å². The van der Waals surface area contributed by atoms with Crippen molar-refractivity contribution < 1.29 is 9.53 Å². The molecule has 2 heterocycles. The average Bonchev–Trinajstić information content (AvgIpc) is 2.71. The molecule has 2 rings (SSSR count). The number of aryl methyl sites for hydroxylation is 1. The SMILES string of the molecule is COC(=O)c1cn(C)nc1-c1ccccn1. The standard InChI is InChI=1S/C11H11N3O2/c1-14-7-8(11(15)16-2)10(13-14)9-5-3-4-6-12-9/h3-7H,1-2H3. The lowest BCUT2D eigenvalue weighted by Crippen LogP contribution is -2.01. The van der Waals surface area contributed by atoms with E-state index >= 15 is 0 Å². The Labute approximate surface area is 92.7 Å². The van der Waals surface area contributed by atoms with Crippen LogP contribution in [-0.2, 0) is 11.8 Å². The van der Waals surface area contributed by atoms with Gasteiger partial charge in [-0.2, -0.15) is 5.10 Å². The minimum absolute atomic E-state index is 0.409. The topological polar surface area (TPSA) is 57.0 Å². The molecular formula is C11H11N3O2. The number of carbonyl (C=O) groups is 1. The summed E-state index contributed by atoms with van der Waals surface area (Å²) in [6, 6.07) is 5.46. The maximum absolute atomic E-state index is 11.5. The van der Waals surface area contributed by atoms with Crippen molar-refractivity contribution in [2.75, 3.05) is 7.11 Å². The fraction of sp³-hybridized carbons (Fsp3) is 0.182. The van der Waals surface area contributed by atoms with Crippen molar-refractivity contribution in [2.45, 2.75) is 0 Å². The van der Waals surface area contributed by atoms with Crippen molar-refractivity contribution in [3.05, 3.63) is 36.2 Å². The van der Waals surface area contributed by atoms with Crippen molar-refractivity contribution in [3.8, 4) is 11.4 Å². The number of nitrogens with zero attached hydrogens (tertiary/aromatic N) is 3. The quantitative estimate of drug-likeness (QED) is 0.711. The molecule has 0 atom stereocenters. The van der Waals surface area contributed by atoms with Gasteiger partial charge in [0.1, 0.15) is 11.3 Å². The van der Waals surface area contributed by atoms with Gasteiger partial charge in [-0.1, -0.05) is 6.07 Å². The zero-order valence-electron chi connectivity index (χ0n) is 9.04. The zero-order valence-corrected chi connectivity index (χ0v) is 9.04. The van der Waals surface area contributed by atoms with Crippen molar-refractivity contribution in [2.24, 2.45) is 7.05 Å². The lowest BCUT2D eigenvalue weighted by atomic mass is 10.2. The molecular weight excluding hydrogens is 206 g/mol. The number of hydrogen-bond acceptors (Lipinski definition) is 4. The Morgan fingerprint density at radius 1 is 1.44 bits per heavy atom. The Morgan fingerprint density at radius 3 is 2.88 bits per heavy atom. The summed E-state index contributed by atoms with van der Waals surface area (Å²) in [6.45, 7) is 0. The molecule has 0 spiro atoms. The van der Waals surface area contributed by atoms with Crippen LogP contribution < -0.4 is 0 Å². The second kappa shape index (κ2) is 4.14. The summed E-state index contributed by atoms with van der Waals surface area (Å²) in [4.78, 5) is 15.7. The van der Waals surface area contributed by atoms with E-state index in [1.54, 1.807) is 30.2 Å². The first-order valence-corrected chi connectivity index (χ1v) is 4.75. The van der Waals surface area contributed by atoms with Gasteiger partial charge in [-0.05, 0) is 12.1 Å². The molecule has 82 valence electrons. The maximum Gasteiger partial charge on any atom is 0.341 e. The summed E-state index contributed by atoms with van der Waals surface area (Å²) in [5, 5.41) is 4.20. The van der Waals surface area contributed by atoms with Crippen molar-refractivity contribution in [1.29, 1.82) is 0 Å². The summed E-state index contributed by atoms with van der Waals surface area (Å²) >= 11 is 0. The molecule has 0 aromatic carbocycles. The van der Waals surface area contributed by atoms with Crippen LogP contribution in [0.25, 0.3) is 11.4 Å². The van der Waals surface area contributed by atoms with Gasteiger partial charge in [0.15, 0.2) is 0 Å². The van der Waals surface area contributed by atoms with Gasteiger partial charge in [0.2, 0.25) is 0 Å². The van der Waals surface area contributed by atoms with Crippen LogP contribution in [0.15, 0.2) is 30.6 Å². The number of carbonyl (C=O) groups excluding carboxylic acids is 1. The van der Waals surface area contributed by atoms with Gasteiger partial charge in [0, 0.05) is 19.4 Å². The van der Waals surface area contributed by atoms with E-state index in [1.165, 1.54) is 7.11 Å². The minimum atomic E-state index is -0.409. The molecule has 0 N–H and O–H groups in total. The number of aromatic nitrogens is 3. The lowest BCUT2D eigenvalue weighted by molar-refractivity contribution is 0.0601. The maximum atomic E-state index is 11.5. The number of esters is 1. The van der Waals surface area contributed by atoms with Crippen LogP contribution in [0.3, 0.4) is 0 Å². The summed E-state index contributed by atoms with van der Waals surface area (Å²) in [5.74, 6) is -0.409. The molecule has 0 radical (unpaired) electrons. The van der Waals surface area contributed by atoms with Gasteiger partial charge in [0.25, 0.3) is 0 Å². The highest BCUT2D eigenvalue weighted by Gasteiger charge is 2.17. The van der Waals surface area contributed by atoms with Crippen LogP contribution in [0, 0.1) is 0 Å². The predicted molar refractivity (Wildman–Crippen MR) is 57.8 cm³/mol. The molecule has 0 saturated carbocycles. The van der Waals surface area contributed by atoms with Gasteiger partial charge in [-0.15, -0.1) is 0 Å². The molecule has 0 bridgehead atoms. The number of ether oxygens (including phenoxy) is 1. The first-order chi connectivity index (χ1) is 7.72. The van der Waals surface area contributed by atoms with Gasteiger partial charge in [0.05, 0.1) is 12.8 Å². The Morgan fingerprint density at radius 2 is 2.25 bits per heavy atom. The Hall–Kier alpha value is -2.17. The molecule has 5 heteroatoms. The fourth-order valence-electron chi connectivity index (χ4n) is 1.44. The van der Waals surface area contributed by atoms with Crippen LogP contribution in [-0.4, -0.2) is 27.8 Å². The van der Waals surface area contributed by atoms with Crippen molar-refractivity contribution in [3.63, 3.8) is 0 Å². The van der Waals surface area contributed by atoms with Crippen LogP contribution in [0.4, 0.5) is 0 Å². The molecule has 2 aromatic heterocycles. The largest absolute Gasteiger partial charge is 0.465 e. The molecule has 0 unspecified atom stereocenters. The van der Waals surface area contributed by atoms with E-state index in [-0.39, 0.29) is 0 Å². The van der Waals surface area contributed by atoms with E-state index in [0.717, 1.165) is 0 Å². The monoisotopic (exact) mass is 217 g/mol. The number of methoxy groups -OCH3 is 1. The normalized spacial score (nSPS) is 10.1. The van der Waals surface area contributed by atoms with E-state index in [9.17, 15) is 4.79 Å². The summed E-state index contributed by atoms with van der Waals surface area (Å²) in [5.41, 5.74) is 1.61. The molecule has 0 aliphatic heterocycles. The second-order valence-corrected chi connectivity index (χ2v) is 3.27. The molecule has 5 nitrogen and oxygen atoms in total. The lowest BCUT2D eigenvalue weighted by Gasteiger charge is -1.98. The van der Waals surface area contributed by atoms with Gasteiger partial charge < -0.3 is 4.74 Å². The number of pyridine rings is 1. The summed E-state index contributed by atoms with van der Waals surface area (Å²) < 4.78 is 6.26. The average molecular weight is 217 g/mol. The third-order valence-corrected chi connectivity index (χ3v) is 2.14. The van der Waals surface area contributed by atoms with E-state index in [0.29, 0.717) is 17.0 Å². The van der Waals surface area contributed by atoms with Crippen LogP contribution in [0.2, 0.25) is 0 Å². The highest BCUT2D eigenvalue weighted by Crippen LogP contribution is 2.19. The highest BCUT2D eigenvalue weighted by molar-refractivity contribution is 5.95. The number of hydrogen-bond donors (Lipinski definition) is 0. The van der Waals surface area contributed by atoms with Crippen LogP contribution >= 0.6 is 0 Å². The van der Waals surface area contributed by atoms with Crippen LogP contribution in [0.1, 0.15) is 10.4 Å². The molecule has 2 aromatic rings.